The summed E-state index contributed by atoms with van der Waals surface area (Å²) in [5.74, 6) is 2.62. The molecule has 0 unspecified atom stereocenters. The van der Waals surface area contributed by atoms with Crippen LogP contribution in [0.4, 0.5) is 0 Å². The van der Waals surface area contributed by atoms with E-state index in [0.29, 0.717) is 6.54 Å². The van der Waals surface area contributed by atoms with Gasteiger partial charge in [-0.3, -0.25) is 0 Å². The van der Waals surface area contributed by atoms with Crippen molar-refractivity contribution in [3.8, 4) is 0 Å². The number of aliphatic imine (C=N–C) groups is 1. The predicted molar refractivity (Wildman–Crippen MR) is 131 cm³/mol. The largest absolute Gasteiger partial charge is 0.356 e. The predicted octanol–water partition coefficient (Wildman–Crippen LogP) is 3.30. The fourth-order valence-electron chi connectivity index (χ4n) is 3.37. The van der Waals surface area contributed by atoms with E-state index in [0.717, 1.165) is 43.7 Å². The molecule has 3 rings (SSSR count). The number of nitrogens with zero attached hydrogens (tertiary/aromatic N) is 5. The maximum absolute atomic E-state index is 4.73. The molecule has 1 saturated heterocycles. The van der Waals surface area contributed by atoms with E-state index in [2.05, 4.69) is 43.2 Å². The third kappa shape index (κ3) is 8.21. The maximum atomic E-state index is 4.73. The highest BCUT2D eigenvalue weighted by Gasteiger charge is 2.09. The van der Waals surface area contributed by atoms with Crippen molar-refractivity contribution in [3.05, 3.63) is 34.0 Å². The van der Waals surface area contributed by atoms with Crippen LogP contribution in [0.1, 0.15) is 48.6 Å². The molecule has 29 heavy (non-hydrogen) atoms. The minimum absolute atomic E-state index is 0. The second kappa shape index (κ2) is 13.2. The van der Waals surface area contributed by atoms with Crippen molar-refractivity contribution < 1.29 is 0 Å². The number of hydrogen-bond donors (Lipinski definition) is 2. The average molecular weight is 532 g/mol. The van der Waals surface area contributed by atoms with Crippen molar-refractivity contribution >= 4 is 41.3 Å². The Morgan fingerprint density at radius 2 is 1.97 bits per heavy atom. The average Bonchev–Trinajstić information content (AvgIpc) is 3.24. The number of aryl methyl sites for hydroxylation is 1. The molecule has 1 fully saturated rings. The Hall–Kier alpha value is -1.20. The Balaban J connectivity index is 0.00000300. The number of halogens is 1. The summed E-state index contributed by atoms with van der Waals surface area (Å²) in [6.07, 6.45) is 6.60. The van der Waals surface area contributed by atoms with Crippen LogP contribution in [-0.2, 0) is 20.1 Å². The number of thiophene rings is 1. The molecule has 0 radical (unpaired) electrons. The van der Waals surface area contributed by atoms with E-state index in [-0.39, 0.29) is 24.0 Å². The van der Waals surface area contributed by atoms with Gasteiger partial charge in [0.25, 0.3) is 0 Å². The van der Waals surface area contributed by atoms with E-state index in [1.165, 1.54) is 43.6 Å². The highest BCUT2D eigenvalue weighted by atomic mass is 127. The summed E-state index contributed by atoms with van der Waals surface area (Å²) in [7, 11) is 1.98. The zero-order valence-corrected chi connectivity index (χ0v) is 20.7. The molecule has 0 spiro atoms. The molecule has 2 aromatic heterocycles. The first-order chi connectivity index (χ1) is 13.7. The van der Waals surface area contributed by atoms with Crippen molar-refractivity contribution in [1.82, 2.24) is 30.3 Å². The second-order valence-corrected chi connectivity index (χ2v) is 8.39. The van der Waals surface area contributed by atoms with Gasteiger partial charge in [0.2, 0.25) is 0 Å². The lowest BCUT2D eigenvalue weighted by atomic mass is 10.2. The number of likely N-dealkylation sites (tertiary alicyclic amines) is 1. The van der Waals surface area contributed by atoms with Gasteiger partial charge in [-0.05, 0) is 57.3 Å². The van der Waals surface area contributed by atoms with Gasteiger partial charge in [-0.1, -0.05) is 18.9 Å². The van der Waals surface area contributed by atoms with Gasteiger partial charge in [-0.15, -0.1) is 45.5 Å². The van der Waals surface area contributed by atoms with Crippen molar-refractivity contribution in [2.45, 2.75) is 52.1 Å². The van der Waals surface area contributed by atoms with Gasteiger partial charge in [0.05, 0.1) is 6.54 Å². The number of hydrogen-bond acceptors (Lipinski definition) is 5. The van der Waals surface area contributed by atoms with Crippen molar-refractivity contribution in [2.24, 2.45) is 12.0 Å². The van der Waals surface area contributed by atoms with Gasteiger partial charge in [0, 0.05) is 18.5 Å². The van der Waals surface area contributed by atoms with Crippen LogP contribution >= 0.6 is 35.3 Å². The summed E-state index contributed by atoms with van der Waals surface area (Å²) in [4.78, 5) is 8.63. The minimum Gasteiger partial charge on any atom is -0.356 e. The van der Waals surface area contributed by atoms with Crippen LogP contribution < -0.4 is 10.6 Å². The van der Waals surface area contributed by atoms with Gasteiger partial charge in [-0.2, -0.15) is 0 Å². The summed E-state index contributed by atoms with van der Waals surface area (Å²) in [5.41, 5.74) is 0. The first kappa shape index (κ1) is 24.1. The van der Waals surface area contributed by atoms with Crippen LogP contribution in [0.5, 0.6) is 0 Å². The van der Waals surface area contributed by atoms with E-state index in [1.807, 2.05) is 18.5 Å². The minimum atomic E-state index is 0. The first-order valence-electron chi connectivity index (χ1n) is 10.3. The summed E-state index contributed by atoms with van der Waals surface area (Å²) in [5, 5.41) is 17.4. The lowest BCUT2D eigenvalue weighted by Gasteiger charge is -2.20. The summed E-state index contributed by atoms with van der Waals surface area (Å²) < 4.78 is 1.99. The topological polar surface area (TPSA) is 70.4 Å². The molecule has 0 saturated carbocycles. The molecule has 7 nitrogen and oxygen atoms in total. The third-order valence-electron chi connectivity index (χ3n) is 5.21. The van der Waals surface area contributed by atoms with E-state index < -0.39 is 0 Å². The van der Waals surface area contributed by atoms with Gasteiger partial charge >= 0.3 is 0 Å². The molecule has 2 N–H and O–H groups in total. The molecule has 3 heterocycles. The molecule has 0 amide bonds. The normalized spacial score (nSPS) is 15.6. The molecule has 0 aromatic carbocycles. The van der Waals surface area contributed by atoms with Gasteiger partial charge in [-0.25, -0.2) is 4.99 Å². The fraction of sp³-hybridized carbons (Fsp3) is 0.650. The quantitative estimate of drug-likeness (QED) is 0.237. The van der Waals surface area contributed by atoms with E-state index in [1.54, 1.807) is 11.3 Å². The van der Waals surface area contributed by atoms with E-state index in [4.69, 9.17) is 4.99 Å². The second-order valence-electron chi connectivity index (χ2n) is 7.36. The van der Waals surface area contributed by atoms with Crippen LogP contribution in [0, 0.1) is 6.92 Å². The number of nitrogens with one attached hydrogen (secondary N) is 2. The standard InChI is InChI=1S/C20H33N7S.HI/c1-17-24-25-19(26(17)2)16-23-20(22-15-18-9-7-14-28-18)21-10-8-13-27-11-5-3-4-6-12-27;/h7,9,14H,3-6,8,10-13,15-16H2,1-2H3,(H2,21,22,23);1H. The zero-order chi connectivity index (χ0) is 19.6. The summed E-state index contributed by atoms with van der Waals surface area (Å²) in [6, 6.07) is 4.22. The Bertz CT molecular complexity index is 721. The molecule has 0 aliphatic carbocycles. The Morgan fingerprint density at radius 3 is 2.62 bits per heavy atom. The summed E-state index contributed by atoms with van der Waals surface area (Å²) >= 11 is 1.76. The molecule has 162 valence electrons. The van der Waals surface area contributed by atoms with Crippen molar-refractivity contribution in [2.75, 3.05) is 26.2 Å². The zero-order valence-electron chi connectivity index (χ0n) is 17.6. The number of rotatable bonds is 8. The van der Waals surface area contributed by atoms with Crippen LogP contribution in [0.3, 0.4) is 0 Å². The Kier molecular flexibility index (Phi) is 10.9. The van der Waals surface area contributed by atoms with Crippen LogP contribution in [0.25, 0.3) is 0 Å². The highest BCUT2D eigenvalue weighted by Crippen LogP contribution is 2.10. The molecule has 0 atom stereocenters. The molecule has 2 aromatic rings. The smallest absolute Gasteiger partial charge is 0.192 e. The van der Waals surface area contributed by atoms with Crippen LogP contribution in [-0.4, -0.2) is 51.8 Å². The van der Waals surface area contributed by atoms with Crippen LogP contribution in [0.2, 0.25) is 0 Å². The molecule has 9 heteroatoms. The lowest BCUT2D eigenvalue weighted by Crippen LogP contribution is -2.38. The molecular weight excluding hydrogens is 497 g/mol. The highest BCUT2D eigenvalue weighted by molar-refractivity contribution is 14.0. The SMILES string of the molecule is Cc1nnc(CN=C(NCCCN2CCCCCC2)NCc2cccs2)n1C.I. The monoisotopic (exact) mass is 531 g/mol. The van der Waals surface area contributed by atoms with E-state index in [9.17, 15) is 0 Å². The van der Waals surface area contributed by atoms with E-state index >= 15 is 0 Å². The molecule has 1 aliphatic heterocycles. The lowest BCUT2D eigenvalue weighted by molar-refractivity contribution is 0.282. The Morgan fingerprint density at radius 1 is 1.17 bits per heavy atom. The van der Waals surface area contributed by atoms with Crippen LogP contribution in [0.15, 0.2) is 22.5 Å². The van der Waals surface area contributed by atoms with Gasteiger partial charge < -0.3 is 20.1 Å². The number of aromatic nitrogens is 3. The fourth-order valence-corrected chi connectivity index (χ4v) is 4.01. The Labute approximate surface area is 195 Å². The molecule has 0 bridgehead atoms. The molecular formula is C20H34IN7S. The van der Waals surface area contributed by atoms with Gasteiger partial charge in [0.15, 0.2) is 11.8 Å². The number of guanidine groups is 1. The first-order valence-corrected chi connectivity index (χ1v) is 11.2. The van der Waals surface area contributed by atoms with Crippen molar-refractivity contribution in [1.29, 1.82) is 0 Å². The maximum Gasteiger partial charge on any atom is 0.192 e. The third-order valence-corrected chi connectivity index (χ3v) is 6.09. The molecule has 1 aliphatic rings. The summed E-state index contributed by atoms with van der Waals surface area (Å²) in [6.45, 7) is 7.85. The van der Waals surface area contributed by atoms with Gasteiger partial charge in [0.1, 0.15) is 12.4 Å². The van der Waals surface area contributed by atoms with Crippen molar-refractivity contribution in [3.63, 3.8) is 0 Å².